The number of nitrogens with zero attached hydrogens (tertiary/aromatic N) is 2. The summed E-state index contributed by atoms with van der Waals surface area (Å²) in [7, 11) is -2.89. The van der Waals surface area contributed by atoms with Crippen molar-refractivity contribution in [1.29, 1.82) is 0 Å². The average Bonchev–Trinajstić information content (AvgIpc) is 2.98. The summed E-state index contributed by atoms with van der Waals surface area (Å²) < 4.78 is 23.4. The van der Waals surface area contributed by atoms with E-state index in [0.717, 1.165) is 23.8 Å². The standard InChI is InChI=1S/C17H24N2O2S2/c1-4-9-19(14-7-5-13(6-8-14)12(2)3)17-18-15-10-23(20,21)11-16(15)22-17/h5-8,12,15-16H,4,9-11H2,1-3H3. The maximum absolute atomic E-state index is 11.7. The number of hydrogen-bond donors (Lipinski definition) is 0. The van der Waals surface area contributed by atoms with E-state index in [1.54, 1.807) is 11.8 Å². The predicted octanol–water partition coefficient (Wildman–Crippen LogP) is 3.29. The minimum atomic E-state index is -2.89. The molecule has 3 rings (SSSR count). The Kier molecular flexibility index (Phi) is 4.74. The molecule has 1 aromatic rings. The smallest absolute Gasteiger partial charge is 0.164 e. The van der Waals surface area contributed by atoms with Gasteiger partial charge in [-0.3, -0.25) is 4.99 Å². The van der Waals surface area contributed by atoms with Crippen molar-refractivity contribution in [3.05, 3.63) is 29.8 Å². The van der Waals surface area contributed by atoms with Gasteiger partial charge in [-0.2, -0.15) is 0 Å². The van der Waals surface area contributed by atoms with E-state index in [4.69, 9.17) is 4.99 Å². The Morgan fingerprint density at radius 3 is 2.52 bits per heavy atom. The maximum Gasteiger partial charge on any atom is 0.164 e. The van der Waals surface area contributed by atoms with Crippen molar-refractivity contribution in [3.8, 4) is 0 Å². The van der Waals surface area contributed by atoms with E-state index in [1.807, 2.05) is 0 Å². The van der Waals surface area contributed by atoms with Crippen molar-refractivity contribution >= 4 is 32.5 Å². The van der Waals surface area contributed by atoms with Gasteiger partial charge in [-0.15, -0.1) is 0 Å². The fraction of sp³-hybridized carbons (Fsp3) is 0.588. The lowest BCUT2D eigenvalue weighted by Gasteiger charge is -2.24. The molecular formula is C17H24N2O2S2. The van der Waals surface area contributed by atoms with E-state index < -0.39 is 9.84 Å². The molecule has 2 unspecified atom stereocenters. The summed E-state index contributed by atoms with van der Waals surface area (Å²) in [5.41, 5.74) is 2.47. The lowest BCUT2D eigenvalue weighted by Crippen LogP contribution is -2.29. The van der Waals surface area contributed by atoms with E-state index in [0.29, 0.717) is 5.92 Å². The number of anilines is 1. The van der Waals surface area contributed by atoms with Gasteiger partial charge in [0.2, 0.25) is 0 Å². The van der Waals surface area contributed by atoms with Gasteiger partial charge >= 0.3 is 0 Å². The van der Waals surface area contributed by atoms with Crippen LogP contribution in [0.1, 0.15) is 38.7 Å². The zero-order valence-corrected chi connectivity index (χ0v) is 15.5. The largest absolute Gasteiger partial charge is 0.321 e. The van der Waals surface area contributed by atoms with Crippen LogP contribution in [0.4, 0.5) is 5.69 Å². The highest BCUT2D eigenvalue weighted by atomic mass is 32.2. The molecule has 0 aromatic heterocycles. The maximum atomic E-state index is 11.7. The normalized spacial score (nSPS) is 25.5. The highest BCUT2D eigenvalue weighted by Crippen LogP contribution is 2.37. The summed E-state index contributed by atoms with van der Waals surface area (Å²) >= 11 is 1.63. The number of sulfone groups is 1. The third-order valence-corrected chi connectivity index (χ3v) is 7.60. The van der Waals surface area contributed by atoms with E-state index in [9.17, 15) is 8.42 Å². The predicted molar refractivity (Wildman–Crippen MR) is 99.4 cm³/mol. The molecule has 0 saturated carbocycles. The van der Waals surface area contributed by atoms with Crippen LogP contribution in [0.25, 0.3) is 0 Å². The third-order valence-electron chi connectivity index (χ3n) is 4.35. The van der Waals surface area contributed by atoms with Crippen LogP contribution in [0, 0.1) is 0 Å². The first-order valence-corrected chi connectivity index (χ1v) is 10.9. The van der Waals surface area contributed by atoms with Crippen LogP contribution < -0.4 is 4.90 Å². The summed E-state index contributed by atoms with van der Waals surface area (Å²) in [6.45, 7) is 7.44. The van der Waals surface area contributed by atoms with Crippen LogP contribution in [0.2, 0.25) is 0 Å². The van der Waals surface area contributed by atoms with E-state index >= 15 is 0 Å². The van der Waals surface area contributed by atoms with Crippen LogP contribution in [-0.4, -0.2) is 42.9 Å². The SMILES string of the molecule is CCCN(C1=NC2CS(=O)(=O)CC2S1)c1ccc(C(C)C)cc1. The van der Waals surface area contributed by atoms with Gasteiger partial charge in [0.05, 0.1) is 17.5 Å². The highest BCUT2D eigenvalue weighted by molar-refractivity contribution is 8.15. The second kappa shape index (κ2) is 6.48. The molecule has 2 atom stereocenters. The third kappa shape index (κ3) is 3.58. The number of hydrogen-bond acceptors (Lipinski definition) is 5. The second-order valence-corrected chi connectivity index (χ2v) is 9.97. The van der Waals surface area contributed by atoms with Crippen LogP contribution in [-0.2, 0) is 9.84 Å². The molecule has 23 heavy (non-hydrogen) atoms. The Hall–Kier alpha value is -1.01. The quantitative estimate of drug-likeness (QED) is 0.834. The number of amidine groups is 1. The van der Waals surface area contributed by atoms with Crippen molar-refractivity contribution in [2.75, 3.05) is 23.0 Å². The number of aliphatic imine (C=N–C) groups is 1. The number of thioether (sulfide) groups is 1. The molecule has 0 bridgehead atoms. The Bertz CT molecular complexity index is 696. The monoisotopic (exact) mass is 352 g/mol. The van der Waals surface area contributed by atoms with Crippen molar-refractivity contribution < 1.29 is 8.42 Å². The second-order valence-electron chi connectivity index (χ2n) is 6.61. The molecule has 2 heterocycles. The minimum Gasteiger partial charge on any atom is -0.321 e. The first-order chi connectivity index (χ1) is 10.9. The summed E-state index contributed by atoms with van der Waals surface area (Å²) in [6, 6.07) is 8.59. The molecule has 0 amide bonds. The van der Waals surface area contributed by atoms with E-state index in [1.165, 1.54) is 5.56 Å². The van der Waals surface area contributed by atoms with Crippen LogP contribution in [0.15, 0.2) is 29.3 Å². The number of fused-ring (bicyclic) bond motifs is 1. The number of rotatable bonds is 4. The van der Waals surface area contributed by atoms with Crippen LogP contribution in [0.3, 0.4) is 0 Å². The molecule has 1 aromatic carbocycles. The van der Waals surface area contributed by atoms with Gasteiger partial charge in [0.15, 0.2) is 15.0 Å². The summed E-state index contributed by atoms with van der Waals surface area (Å²) in [5.74, 6) is 0.994. The van der Waals surface area contributed by atoms with Crippen molar-refractivity contribution in [3.63, 3.8) is 0 Å². The van der Waals surface area contributed by atoms with Crippen molar-refractivity contribution in [2.45, 2.75) is 44.4 Å². The molecule has 4 nitrogen and oxygen atoms in total. The molecule has 1 fully saturated rings. The van der Waals surface area contributed by atoms with Crippen molar-refractivity contribution in [1.82, 2.24) is 0 Å². The molecule has 0 N–H and O–H groups in total. The van der Waals surface area contributed by atoms with Gasteiger partial charge in [0.25, 0.3) is 0 Å². The lowest BCUT2D eigenvalue weighted by molar-refractivity contribution is 0.601. The molecule has 0 spiro atoms. The van der Waals surface area contributed by atoms with Gasteiger partial charge in [0.1, 0.15) is 0 Å². The molecule has 0 aliphatic carbocycles. The molecule has 1 saturated heterocycles. The van der Waals surface area contributed by atoms with Gasteiger partial charge in [-0.05, 0) is 30.0 Å². The molecule has 6 heteroatoms. The van der Waals surface area contributed by atoms with E-state index in [-0.39, 0.29) is 22.8 Å². The Morgan fingerprint density at radius 2 is 1.96 bits per heavy atom. The highest BCUT2D eigenvalue weighted by Gasteiger charge is 2.43. The molecule has 2 aliphatic heterocycles. The Balaban J connectivity index is 1.83. The minimum absolute atomic E-state index is 0.0608. The van der Waals surface area contributed by atoms with Gasteiger partial charge in [-0.25, -0.2) is 8.42 Å². The topological polar surface area (TPSA) is 49.7 Å². The molecule has 2 aliphatic rings. The van der Waals surface area contributed by atoms with Crippen molar-refractivity contribution in [2.24, 2.45) is 4.99 Å². The average molecular weight is 353 g/mol. The Labute approximate surface area is 143 Å². The zero-order valence-electron chi connectivity index (χ0n) is 13.9. The van der Waals surface area contributed by atoms with Gasteiger partial charge in [0, 0.05) is 17.5 Å². The van der Waals surface area contributed by atoms with E-state index in [2.05, 4.69) is 49.9 Å². The fourth-order valence-corrected chi connectivity index (χ4v) is 6.88. The molecule has 0 radical (unpaired) electrons. The first-order valence-electron chi connectivity index (χ1n) is 8.22. The zero-order chi connectivity index (χ0) is 16.6. The lowest BCUT2D eigenvalue weighted by atomic mass is 10.0. The Morgan fingerprint density at radius 1 is 1.26 bits per heavy atom. The summed E-state index contributed by atoms with van der Waals surface area (Å²) in [5, 5.41) is 1.08. The van der Waals surface area contributed by atoms with Crippen LogP contribution >= 0.6 is 11.8 Å². The summed E-state index contributed by atoms with van der Waals surface area (Å²) in [6.07, 6.45) is 1.03. The van der Waals surface area contributed by atoms with Gasteiger partial charge in [-0.1, -0.05) is 44.7 Å². The number of benzene rings is 1. The molecular weight excluding hydrogens is 328 g/mol. The van der Waals surface area contributed by atoms with Gasteiger partial charge < -0.3 is 4.90 Å². The molecule has 126 valence electrons. The summed E-state index contributed by atoms with van der Waals surface area (Å²) in [4.78, 5) is 6.96. The first kappa shape index (κ1) is 16.8. The fourth-order valence-electron chi connectivity index (χ4n) is 3.07. The van der Waals surface area contributed by atoms with Crippen LogP contribution in [0.5, 0.6) is 0 Å².